The van der Waals surface area contributed by atoms with Gasteiger partial charge in [0, 0.05) is 16.3 Å². The molecule has 3 rings (SSSR count). The van der Waals surface area contributed by atoms with Gasteiger partial charge in [0.25, 0.3) is 5.91 Å². The van der Waals surface area contributed by atoms with Crippen LogP contribution < -0.4 is 5.32 Å². The molecule has 128 valence electrons. The van der Waals surface area contributed by atoms with Crippen LogP contribution >= 0.6 is 11.6 Å². The number of phenolic OH excluding ortho intramolecular Hbond substituents is 1. The van der Waals surface area contributed by atoms with E-state index < -0.39 is 0 Å². The summed E-state index contributed by atoms with van der Waals surface area (Å²) in [6.45, 7) is 5.70. The van der Waals surface area contributed by atoms with Crippen molar-refractivity contribution in [2.45, 2.75) is 20.8 Å². The zero-order valence-corrected chi connectivity index (χ0v) is 14.9. The van der Waals surface area contributed by atoms with Crippen LogP contribution in [0.4, 0.5) is 5.69 Å². The predicted octanol–water partition coefficient (Wildman–Crippen LogP) is 4.61. The summed E-state index contributed by atoms with van der Waals surface area (Å²) in [5.41, 5.74) is 4.82. The molecule has 0 aliphatic heterocycles. The largest absolute Gasteiger partial charge is 0.507 e. The summed E-state index contributed by atoms with van der Waals surface area (Å²) < 4.78 is 0. The van der Waals surface area contributed by atoms with E-state index in [4.69, 9.17) is 11.6 Å². The van der Waals surface area contributed by atoms with Gasteiger partial charge in [0.2, 0.25) is 0 Å². The highest BCUT2D eigenvalue weighted by atomic mass is 35.5. The quantitative estimate of drug-likeness (QED) is 0.641. The number of anilines is 1. The fourth-order valence-electron chi connectivity index (χ4n) is 2.71. The minimum atomic E-state index is -0.331. The standard InChI is InChI=1S/C19H18ClN3O2/c1-10-6-12(3)18(17(24)7-10)15-9-16(23-22-15)19(25)21-13-5-4-11(2)14(20)8-13/h4-9,24H,1-3H3,(H,21,25)(H,22,23). The molecule has 0 fully saturated rings. The second-order valence-electron chi connectivity index (χ2n) is 6.06. The lowest BCUT2D eigenvalue weighted by Crippen LogP contribution is -2.12. The number of hydrogen-bond donors (Lipinski definition) is 3. The monoisotopic (exact) mass is 355 g/mol. The normalized spacial score (nSPS) is 10.7. The lowest BCUT2D eigenvalue weighted by molar-refractivity contribution is 0.102. The molecular weight excluding hydrogens is 338 g/mol. The minimum Gasteiger partial charge on any atom is -0.507 e. The molecule has 2 aromatic carbocycles. The van der Waals surface area contributed by atoms with Crippen molar-refractivity contribution in [2.24, 2.45) is 0 Å². The number of aryl methyl sites for hydroxylation is 3. The highest BCUT2D eigenvalue weighted by molar-refractivity contribution is 6.31. The molecule has 25 heavy (non-hydrogen) atoms. The molecule has 0 radical (unpaired) electrons. The molecule has 0 spiro atoms. The van der Waals surface area contributed by atoms with Crippen LogP contribution in [0.15, 0.2) is 36.4 Å². The highest BCUT2D eigenvalue weighted by Crippen LogP contribution is 2.32. The summed E-state index contributed by atoms with van der Waals surface area (Å²) in [6.07, 6.45) is 0. The molecule has 1 aromatic heterocycles. The van der Waals surface area contributed by atoms with Crippen molar-refractivity contribution in [1.29, 1.82) is 0 Å². The number of aromatic hydroxyl groups is 1. The summed E-state index contributed by atoms with van der Waals surface area (Å²) in [6, 6.07) is 10.6. The molecule has 3 N–H and O–H groups in total. The molecule has 0 aliphatic carbocycles. The summed E-state index contributed by atoms with van der Waals surface area (Å²) in [5, 5.41) is 20.4. The Kier molecular flexibility index (Phi) is 4.51. The lowest BCUT2D eigenvalue weighted by Gasteiger charge is -2.07. The Morgan fingerprint density at radius 2 is 1.88 bits per heavy atom. The van der Waals surface area contributed by atoms with Crippen LogP contribution in [0.1, 0.15) is 27.2 Å². The molecule has 3 aromatic rings. The first-order valence-electron chi connectivity index (χ1n) is 7.78. The number of carbonyl (C=O) groups is 1. The van der Waals surface area contributed by atoms with E-state index in [1.54, 1.807) is 24.3 Å². The van der Waals surface area contributed by atoms with Crippen LogP contribution in [0, 0.1) is 20.8 Å². The maximum absolute atomic E-state index is 12.4. The number of aromatic amines is 1. The number of hydrogen-bond acceptors (Lipinski definition) is 3. The van der Waals surface area contributed by atoms with Crippen molar-refractivity contribution < 1.29 is 9.90 Å². The van der Waals surface area contributed by atoms with Gasteiger partial charge in [-0.2, -0.15) is 5.10 Å². The zero-order valence-electron chi connectivity index (χ0n) is 14.1. The van der Waals surface area contributed by atoms with Gasteiger partial charge in [0.05, 0.1) is 5.69 Å². The maximum Gasteiger partial charge on any atom is 0.273 e. The first-order chi connectivity index (χ1) is 11.8. The summed E-state index contributed by atoms with van der Waals surface area (Å²) in [4.78, 5) is 12.4. The summed E-state index contributed by atoms with van der Waals surface area (Å²) >= 11 is 6.08. The van der Waals surface area contributed by atoms with Crippen molar-refractivity contribution in [3.05, 3.63) is 63.8 Å². The van der Waals surface area contributed by atoms with Gasteiger partial charge < -0.3 is 10.4 Å². The number of nitrogens with zero attached hydrogens (tertiary/aromatic N) is 1. The Hall–Kier alpha value is -2.79. The van der Waals surface area contributed by atoms with Crippen molar-refractivity contribution in [1.82, 2.24) is 10.2 Å². The Balaban J connectivity index is 1.86. The van der Waals surface area contributed by atoms with Gasteiger partial charge in [-0.3, -0.25) is 9.89 Å². The van der Waals surface area contributed by atoms with E-state index in [1.807, 2.05) is 32.9 Å². The Labute approximate surface area is 150 Å². The molecule has 0 bridgehead atoms. The van der Waals surface area contributed by atoms with E-state index in [0.29, 0.717) is 27.7 Å². The molecule has 5 nitrogen and oxygen atoms in total. The number of halogens is 1. The zero-order chi connectivity index (χ0) is 18.1. The van der Waals surface area contributed by atoms with Crippen LogP contribution in [0.2, 0.25) is 5.02 Å². The smallest absolute Gasteiger partial charge is 0.273 e. The fraction of sp³-hybridized carbons (Fsp3) is 0.158. The van der Waals surface area contributed by atoms with E-state index in [9.17, 15) is 9.90 Å². The number of amides is 1. The molecule has 6 heteroatoms. The third-order valence-electron chi connectivity index (χ3n) is 3.97. The van der Waals surface area contributed by atoms with Crippen molar-refractivity contribution >= 4 is 23.2 Å². The van der Waals surface area contributed by atoms with E-state index in [1.165, 1.54) is 0 Å². The average molecular weight is 356 g/mol. The number of phenols is 1. The molecule has 0 saturated heterocycles. The fourth-order valence-corrected chi connectivity index (χ4v) is 2.89. The number of nitrogens with one attached hydrogen (secondary N) is 2. The van der Waals surface area contributed by atoms with E-state index >= 15 is 0 Å². The Morgan fingerprint density at radius 3 is 2.56 bits per heavy atom. The second-order valence-corrected chi connectivity index (χ2v) is 6.47. The Bertz CT molecular complexity index is 940. The molecule has 0 atom stereocenters. The number of aromatic nitrogens is 2. The van der Waals surface area contributed by atoms with Gasteiger partial charge in [-0.25, -0.2) is 0 Å². The summed E-state index contributed by atoms with van der Waals surface area (Å²) in [7, 11) is 0. The third kappa shape index (κ3) is 3.51. The minimum absolute atomic E-state index is 0.140. The molecular formula is C19H18ClN3O2. The summed E-state index contributed by atoms with van der Waals surface area (Å²) in [5.74, 6) is -0.191. The van der Waals surface area contributed by atoms with Gasteiger partial charge in [-0.1, -0.05) is 23.7 Å². The van der Waals surface area contributed by atoms with E-state index in [2.05, 4.69) is 15.5 Å². The maximum atomic E-state index is 12.4. The predicted molar refractivity (Wildman–Crippen MR) is 99.3 cm³/mol. The topological polar surface area (TPSA) is 78.0 Å². The first kappa shape index (κ1) is 17.0. The van der Waals surface area contributed by atoms with Crippen LogP contribution in [-0.2, 0) is 0 Å². The van der Waals surface area contributed by atoms with E-state index in [0.717, 1.165) is 16.7 Å². The first-order valence-corrected chi connectivity index (χ1v) is 8.16. The Morgan fingerprint density at radius 1 is 1.12 bits per heavy atom. The lowest BCUT2D eigenvalue weighted by atomic mass is 10.0. The SMILES string of the molecule is Cc1cc(C)c(-c2cc(C(=O)Nc3ccc(C)c(Cl)c3)[nH]n2)c(O)c1. The molecule has 0 aliphatic rings. The molecule has 0 unspecified atom stereocenters. The third-order valence-corrected chi connectivity index (χ3v) is 4.37. The van der Waals surface area contributed by atoms with Crippen molar-refractivity contribution in [3.8, 4) is 17.0 Å². The number of benzene rings is 2. The van der Waals surface area contributed by atoms with Crippen LogP contribution in [0.5, 0.6) is 5.75 Å². The molecule has 1 heterocycles. The van der Waals surface area contributed by atoms with Gasteiger partial charge in [0.1, 0.15) is 11.4 Å². The van der Waals surface area contributed by atoms with Gasteiger partial charge in [-0.15, -0.1) is 0 Å². The van der Waals surface area contributed by atoms with Gasteiger partial charge in [0.15, 0.2) is 0 Å². The van der Waals surface area contributed by atoms with Crippen molar-refractivity contribution in [3.63, 3.8) is 0 Å². The highest BCUT2D eigenvalue weighted by Gasteiger charge is 2.16. The number of carbonyl (C=O) groups excluding carboxylic acids is 1. The van der Waals surface area contributed by atoms with Crippen LogP contribution in [-0.4, -0.2) is 21.2 Å². The van der Waals surface area contributed by atoms with Crippen molar-refractivity contribution in [2.75, 3.05) is 5.32 Å². The molecule has 1 amide bonds. The average Bonchev–Trinajstić information content (AvgIpc) is 2.99. The van der Waals surface area contributed by atoms with Crippen LogP contribution in [0.25, 0.3) is 11.3 Å². The number of H-pyrrole nitrogens is 1. The second kappa shape index (κ2) is 6.61. The van der Waals surface area contributed by atoms with E-state index in [-0.39, 0.29) is 11.7 Å². The van der Waals surface area contributed by atoms with Gasteiger partial charge >= 0.3 is 0 Å². The van der Waals surface area contributed by atoms with Crippen LogP contribution in [0.3, 0.4) is 0 Å². The number of rotatable bonds is 3. The van der Waals surface area contributed by atoms with Gasteiger partial charge in [-0.05, 0) is 61.7 Å². The molecule has 0 saturated carbocycles.